The molecule has 27 heavy (non-hydrogen) atoms. The van der Waals surface area contributed by atoms with Crippen molar-refractivity contribution in [1.29, 1.82) is 5.41 Å². The minimum atomic E-state index is -0.611. The quantitative estimate of drug-likeness (QED) is 0.578. The highest BCUT2D eigenvalue weighted by Crippen LogP contribution is 2.25. The van der Waals surface area contributed by atoms with Crippen LogP contribution < -0.4 is 10.4 Å². The maximum Gasteiger partial charge on any atom is 0.273 e. The number of hydrogen-bond donors (Lipinski definition) is 2. The van der Waals surface area contributed by atoms with Gasteiger partial charge in [0.05, 0.1) is 23.8 Å². The lowest BCUT2D eigenvalue weighted by molar-refractivity contribution is -0.124. The van der Waals surface area contributed by atoms with Crippen molar-refractivity contribution in [1.82, 2.24) is 5.32 Å². The van der Waals surface area contributed by atoms with Crippen molar-refractivity contribution in [2.24, 2.45) is 0 Å². The number of amides is 1. The van der Waals surface area contributed by atoms with Crippen molar-refractivity contribution in [3.63, 3.8) is 0 Å². The Balaban J connectivity index is 1.70. The predicted octanol–water partition coefficient (Wildman–Crippen LogP) is 3.16. The molecule has 2 heterocycles. The van der Waals surface area contributed by atoms with E-state index in [1.165, 1.54) is 18.2 Å². The molecular formula is C18H18ClFN3O4-. The number of carbonyl (C=O) groups is 1. The van der Waals surface area contributed by atoms with Crippen LogP contribution in [0.1, 0.15) is 24.0 Å². The summed E-state index contributed by atoms with van der Waals surface area (Å²) in [5.41, 5.74) is -0.119. The van der Waals surface area contributed by atoms with Crippen LogP contribution in [0.2, 0.25) is 5.02 Å². The van der Waals surface area contributed by atoms with Gasteiger partial charge in [0.1, 0.15) is 11.6 Å². The monoisotopic (exact) mass is 394 g/mol. The maximum atomic E-state index is 13.2. The molecule has 0 atom stereocenters. The van der Waals surface area contributed by atoms with Crippen LogP contribution in [0.4, 0.5) is 10.1 Å². The zero-order valence-corrected chi connectivity index (χ0v) is 15.5. The molecule has 0 unspecified atom stereocenters. The zero-order chi connectivity index (χ0) is 19.8. The molecule has 7 nitrogen and oxygen atoms in total. The molecule has 144 valence electrons. The van der Waals surface area contributed by atoms with Crippen LogP contribution in [0.3, 0.4) is 0 Å². The van der Waals surface area contributed by atoms with Gasteiger partial charge in [-0.2, -0.15) is 0 Å². The summed E-state index contributed by atoms with van der Waals surface area (Å²) in [6, 6.07) is 5.15. The lowest BCUT2D eigenvalue weighted by Gasteiger charge is -2.38. The van der Waals surface area contributed by atoms with Gasteiger partial charge in [0.15, 0.2) is 11.5 Å². The number of hydroxylamine groups is 1. The van der Waals surface area contributed by atoms with E-state index in [1.54, 1.807) is 6.92 Å². The fourth-order valence-corrected chi connectivity index (χ4v) is 2.79. The van der Waals surface area contributed by atoms with Gasteiger partial charge in [-0.3, -0.25) is 10.2 Å². The Morgan fingerprint density at radius 1 is 1.44 bits per heavy atom. The molecule has 0 spiro atoms. The molecule has 1 aliphatic rings. The summed E-state index contributed by atoms with van der Waals surface area (Å²) in [6.45, 7) is 4.14. The van der Waals surface area contributed by atoms with Crippen molar-refractivity contribution < 1.29 is 18.3 Å². The topological polar surface area (TPSA) is 102 Å². The first-order valence-corrected chi connectivity index (χ1v) is 8.54. The van der Waals surface area contributed by atoms with E-state index in [4.69, 9.17) is 26.2 Å². The third-order valence-electron chi connectivity index (χ3n) is 4.26. The van der Waals surface area contributed by atoms with Gasteiger partial charge in [-0.1, -0.05) is 11.6 Å². The summed E-state index contributed by atoms with van der Waals surface area (Å²) in [7, 11) is 0. The van der Waals surface area contributed by atoms with Gasteiger partial charge in [0, 0.05) is 17.8 Å². The predicted molar refractivity (Wildman–Crippen MR) is 98.6 cm³/mol. The smallest absolute Gasteiger partial charge is 0.273 e. The molecular weight excluding hydrogens is 377 g/mol. The van der Waals surface area contributed by atoms with Crippen molar-refractivity contribution in [2.45, 2.75) is 25.9 Å². The van der Waals surface area contributed by atoms with Gasteiger partial charge in [0.25, 0.3) is 5.91 Å². The van der Waals surface area contributed by atoms with Gasteiger partial charge >= 0.3 is 0 Å². The van der Waals surface area contributed by atoms with Crippen molar-refractivity contribution >= 4 is 28.9 Å². The highest BCUT2D eigenvalue weighted by Gasteiger charge is 2.36. The average molecular weight is 395 g/mol. The van der Waals surface area contributed by atoms with Crippen LogP contribution in [-0.4, -0.2) is 30.4 Å². The summed E-state index contributed by atoms with van der Waals surface area (Å²) < 4.78 is 23.8. The summed E-state index contributed by atoms with van der Waals surface area (Å²) in [5.74, 6) is -0.713. The van der Waals surface area contributed by atoms with Gasteiger partial charge in [0.2, 0.25) is 0 Å². The third-order valence-corrected chi connectivity index (χ3v) is 4.55. The molecule has 9 heteroatoms. The van der Waals surface area contributed by atoms with Crippen LogP contribution in [0.5, 0.6) is 0 Å². The Labute approximate surface area is 160 Å². The van der Waals surface area contributed by atoms with E-state index < -0.39 is 17.3 Å². The molecule has 1 aromatic carbocycles. The SMILES string of the molecule is Cc1oc(C(=N)C(=O)NC2(C)COC2)cc1CN([O-])c1ccc(F)c(Cl)c1. The number of furan rings is 1. The van der Waals surface area contributed by atoms with Crippen molar-refractivity contribution in [2.75, 3.05) is 18.3 Å². The average Bonchev–Trinajstić information content (AvgIpc) is 2.95. The Morgan fingerprint density at radius 2 is 2.15 bits per heavy atom. The molecule has 1 amide bonds. The first-order chi connectivity index (χ1) is 12.7. The highest BCUT2D eigenvalue weighted by atomic mass is 35.5. The molecule has 0 radical (unpaired) electrons. The molecule has 2 N–H and O–H groups in total. The van der Waals surface area contributed by atoms with Crippen molar-refractivity contribution in [3.05, 3.63) is 57.4 Å². The Morgan fingerprint density at radius 3 is 2.74 bits per heavy atom. The molecule has 3 rings (SSSR count). The van der Waals surface area contributed by atoms with Crippen LogP contribution in [-0.2, 0) is 16.1 Å². The lowest BCUT2D eigenvalue weighted by atomic mass is 10.0. The van der Waals surface area contributed by atoms with Gasteiger partial charge in [-0.25, -0.2) is 4.39 Å². The normalized spacial score (nSPS) is 15.1. The molecule has 1 saturated heterocycles. The zero-order valence-electron chi connectivity index (χ0n) is 14.8. The molecule has 1 fully saturated rings. The van der Waals surface area contributed by atoms with E-state index in [9.17, 15) is 14.4 Å². The van der Waals surface area contributed by atoms with E-state index in [2.05, 4.69) is 5.32 Å². The number of aryl methyl sites for hydroxylation is 1. The van der Waals surface area contributed by atoms with Crippen molar-refractivity contribution in [3.8, 4) is 0 Å². The summed E-state index contributed by atoms with van der Waals surface area (Å²) in [6.07, 6.45) is 0. The van der Waals surface area contributed by atoms with Crippen LogP contribution >= 0.6 is 11.6 Å². The Kier molecular flexibility index (Phi) is 5.23. The number of carbonyl (C=O) groups excluding carboxylic acids is 1. The molecule has 1 aromatic heterocycles. The Bertz CT molecular complexity index is 895. The lowest BCUT2D eigenvalue weighted by Crippen LogP contribution is -2.61. The van der Waals surface area contributed by atoms with Crippen LogP contribution in [0.25, 0.3) is 0 Å². The van der Waals surface area contributed by atoms with E-state index in [-0.39, 0.29) is 28.7 Å². The number of halogens is 2. The Hall–Kier alpha value is -2.42. The minimum absolute atomic E-state index is 0.0642. The van der Waals surface area contributed by atoms with Gasteiger partial charge in [-0.05, 0) is 38.1 Å². The van der Waals surface area contributed by atoms with E-state index in [0.29, 0.717) is 29.6 Å². The number of ether oxygens (including phenoxy) is 1. The highest BCUT2D eigenvalue weighted by molar-refractivity contribution is 6.43. The van der Waals surface area contributed by atoms with Gasteiger partial charge in [-0.15, -0.1) is 0 Å². The summed E-state index contributed by atoms with van der Waals surface area (Å²) >= 11 is 5.70. The second kappa shape index (κ2) is 7.30. The second-order valence-electron chi connectivity index (χ2n) is 6.71. The standard InChI is InChI=1S/C18H18ClFN3O4/c1-10-11(7-23(25)12-3-4-14(20)13(19)6-12)5-15(27-10)16(21)17(24)22-18(2)8-26-9-18/h3-6,21H,7-9H2,1-2H3,(H,22,24)/q-1. The largest absolute Gasteiger partial charge is 0.758 e. The second-order valence-corrected chi connectivity index (χ2v) is 7.12. The first-order valence-electron chi connectivity index (χ1n) is 8.17. The molecule has 2 aromatic rings. The number of nitrogens with one attached hydrogen (secondary N) is 2. The fourth-order valence-electron chi connectivity index (χ4n) is 2.62. The third kappa shape index (κ3) is 4.13. The number of rotatable bonds is 6. The fraction of sp³-hybridized carbons (Fsp3) is 0.333. The summed E-state index contributed by atoms with van der Waals surface area (Å²) in [5, 5.41) is 23.6. The molecule has 1 aliphatic heterocycles. The minimum Gasteiger partial charge on any atom is -0.758 e. The first kappa shape index (κ1) is 19.3. The van der Waals surface area contributed by atoms with Crippen LogP contribution in [0, 0.1) is 23.4 Å². The van der Waals surface area contributed by atoms with E-state index in [0.717, 1.165) is 6.07 Å². The van der Waals surface area contributed by atoms with E-state index in [1.807, 2.05) is 6.92 Å². The molecule has 0 bridgehead atoms. The van der Waals surface area contributed by atoms with E-state index >= 15 is 0 Å². The summed E-state index contributed by atoms with van der Waals surface area (Å²) in [4.78, 5) is 12.2. The van der Waals surface area contributed by atoms with Gasteiger partial charge < -0.3 is 24.7 Å². The maximum absolute atomic E-state index is 13.2. The molecule has 0 saturated carbocycles. The molecule has 0 aliphatic carbocycles. The van der Waals surface area contributed by atoms with Crippen LogP contribution in [0.15, 0.2) is 28.7 Å². The number of nitrogens with zero attached hydrogens (tertiary/aromatic N) is 1. The number of anilines is 1. The number of hydrogen-bond acceptors (Lipinski definition) is 6. The number of benzene rings is 1.